The summed E-state index contributed by atoms with van der Waals surface area (Å²) in [7, 11) is 0. The minimum Gasteiger partial charge on any atom is -0.369 e. The highest BCUT2D eigenvalue weighted by Gasteiger charge is 2.51. The number of hydrogen-bond donors (Lipinski definition) is 1. The van der Waals surface area contributed by atoms with E-state index in [0.29, 0.717) is 12.0 Å². The van der Waals surface area contributed by atoms with Crippen molar-refractivity contribution in [2.75, 3.05) is 11.4 Å². The Morgan fingerprint density at radius 2 is 1.73 bits per heavy atom. The second-order valence-electron chi connectivity index (χ2n) is 9.17. The number of halogens is 1. The number of anilines is 1. The van der Waals surface area contributed by atoms with Crippen molar-refractivity contribution in [3.63, 3.8) is 0 Å². The Morgan fingerprint density at radius 3 is 2.23 bits per heavy atom. The molecule has 2 N–H and O–H groups in total. The third-order valence-corrected chi connectivity index (χ3v) is 8.05. The fraction of sp³-hybridized carbons (Fsp3) is 0.619. The predicted molar refractivity (Wildman–Crippen MR) is 104 cm³/mol. The molecular formula is C21H25BrN2O2. The molecule has 1 aromatic carbocycles. The number of carbonyl (C=O) groups excluding carboxylic acids is 2. The highest BCUT2D eigenvalue weighted by atomic mass is 79.9. The molecule has 4 nitrogen and oxygen atoms in total. The number of nitrogens with zero attached hydrogens (tertiary/aromatic N) is 1. The summed E-state index contributed by atoms with van der Waals surface area (Å²) >= 11 is 3.71. The molecule has 1 saturated heterocycles. The molecule has 1 atom stereocenters. The molecule has 138 valence electrons. The SMILES string of the molecule is NC(=O)[C@@H]1CC(=O)N(c2ccc(C34CC5CC(CC(C5)C3)C4)cc2Br)C1. The van der Waals surface area contributed by atoms with Crippen LogP contribution in [0.3, 0.4) is 0 Å². The molecule has 1 heterocycles. The lowest BCUT2D eigenvalue weighted by Gasteiger charge is -2.57. The third-order valence-electron chi connectivity index (χ3n) is 7.42. The first-order chi connectivity index (χ1) is 12.4. The molecule has 1 aliphatic heterocycles. The maximum atomic E-state index is 12.3. The number of primary amides is 1. The maximum absolute atomic E-state index is 12.3. The lowest BCUT2D eigenvalue weighted by Crippen LogP contribution is -2.48. The summed E-state index contributed by atoms with van der Waals surface area (Å²) in [6.07, 6.45) is 8.53. The van der Waals surface area contributed by atoms with Crippen LogP contribution >= 0.6 is 15.9 Å². The lowest BCUT2D eigenvalue weighted by molar-refractivity contribution is -0.123. The molecule has 0 spiro atoms. The van der Waals surface area contributed by atoms with Crippen molar-refractivity contribution in [2.45, 2.75) is 50.4 Å². The average molecular weight is 417 g/mol. The summed E-state index contributed by atoms with van der Waals surface area (Å²) in [5, 5.41) is 0. The molecule has 2 amide bonds. The summed E-state index contributed by atoms with van der Waals surface area (Å²) in [4.78, 5) is 25.5. The Labute approximate surface area is 162 Å². The summed E-state index contributed by atoms with van der Waals surface area (Å²) in [6, 6.07) is 6.55. The molecule has 0 aromatic heterocycles. The van der Waals surface area contributed by atoms with Crippen LogP contribution in [0.15, 0.2) is 22.7 Å². The van der Waals surface area contributed by atoms with E-state index >= 15 is 0 Å². The number of hydrogen-bond acceptors (Lipinski definition) is 2. The van der Waals surface area contributed by atoms with Gasteiger partial charge in [0.25, 0.3) is 0 Å². The van der Waals surface area contributed by atoms with Crippen LogP contribution in [0, 0.1) is 23.7 Å². The quantitative estimate of drug-likeness (QED) is 0.814. The van der Waals surface area contributed by atoms with E-state index in [1.54, 1.807) is 4.90 Å². The minimum atomic E-state index is -0.387. The van der Waals surface area contributed by atoms with Gasteiger partial charge in [-0.25, -0.2) is 0 Å². The molecule has 5 fully saturated rings. The van der Waals surface area contributed by atoms with Crippen molar-refractivity contribution in [1.82, 2.24) is 0 Å². The second-order valence-corrected chi connectivity index (χ2v) is 10.0. The van der Waals surface area contributed by atoms with Gasteiger partial charge in [0.2, 0.25) is 11.8 Å². The highest BCUT2D eigenvalue weighted by molar-refractivity contribution is 9.10. The third kappa shape index (κ3) is 2.54. The van der Waals surface area contributed by atoms with E-state index in [4.69, 9.17) is 5.73 Å². The Bertz CT molecular complexity index is 755. The van der Waals surface area contributed by atoms with Gasteiger partial charge >= 0.3 is 0 Å². The Hall–Kier alpha value is -1.36. The topological polar surface area (TPSA) is 63.4 Å². The molecule has 4 saturated carbocycles. The summed E-state index contributed by atoms with van der Waals surface area (Å²) in [5.74, 6) is 1.96. The fourth-order valence-electron chi connectivity index (χ4n) is 6.65. The van der Waals surface area contributed by atoms with E-state index < -0.39 is 0 Å². The molecule has 5 heteroatoms. The Kier molecular flexibility index (Phi) is 3.76. The summed E-state index contributed by atoms with van der Waals surface area (Å²) in [6.45, 7) is 0.392. The van der Waals surface area contributed by atoms with Crippen molar-refractivity contribution in [2.24, 2.45) is 29.4 Å². The van der Waals surface area contributed by atoms with Gasteiger partial charge in [0.15, 0.2) is 0 Å². The molecular weight excluding hydrogens is 392 g/mol. The lowest BCUT2D eigenvalue weighted by atomic mass is 9.48. The zero-order valence-electron chi connectivity index (χ0n) is 14.9. The van der Waals surface area contributed by atoms with E-state index in [9.17, 15) is 9.59 Å². The van der Waals surface area contributed by atoms with Crippen LogP contribution < -0.4 is 10.6 Å². The zero-order valence-corrected chi connectivity index (χ0v) is 16.5. The minimum absolute atomic E-state index is 0.0166. The molecule has 0 unspecified atom stereocenters. The first-order valence-corrected chi connectivity index (χ1v) is 10.6. The van der Waals surface area contributed by atoms with E-state index in [2.05, 4.69) is 34.1 Å². The second kappa shape index (κ2) is 5.82. The molecule has 26 heavy (non-hydrogen) atoms. The number of carbonyl (C=O) groups is 2. The van der Waals surface area contributed by atoms with Gasteiger partial charge in [-0.15, -0.1) is 0 Å². The fourth-order valence-corrected chi connectivity index (χ4v) is 7.24. The van der Waals surface area contributed by atoms with Gasteiger partial charge < -0.3 is 10.6 Å². The van der Waals surface area contributed by atoms with Gasteiger partial charge in [-0.2, -0.15) is 0 Å². The van der Waals surface area contributed by atoms with Crippen molar-refractivity contribution in [3.05, 3.63) is 28.2 Å². The Morgan fingerprint density at radius 1 is 1.12 bits per heavy atom. The molecule has 5 aliphatic rings. The van der Waals surface area contributed by atoms with Crippen molar-refractivity contribution in [1.29, 1.82) is 0 Å². The monoisotopic (exact) mass is 416 g/mol. The van der Waals surface area contributed by atoms with E-state index in [1.807, 2.05) is 0 Å². The van der Waals surface area contributed by atoms with Crippen LogP contribution in [0.1, 0.15) is 50.5 Å². The van der Waals surface area contributed by atoms with Crippen LogP contribution in [0.2, 0.25) is 0 Å². The van der Waals surface area contributed by atoms with Crippen LogP contribution in [-0.4, -0.2) is 18.4 Å². The normalized spacial score (nSPS) is 38.2. The van der Waals surface area contributed by atoms with Crippen LogP contribution in [0.4, 0.5) is 5.69 Å². The largest absolute Gasteiger partial charge is 0.369 e. The highest BCUT2D eigenvalue weighted by Crippen LogP contribution is 2.61. The smallest absolute Gasteiger partial charge is 0.227 e. The first kappa shape index (κ1) is 16.8. The van der Waals surface area contributed by atoms with E-state index in [1.165, 1.54) is 44.1 Å². The van der Waals surface area contributed by atoms with Crippen LogP contribution in [-0.2, 0) is 15.0 Å². The zero-order chi connectivity index (χ0) is 18.1. The average Bonchev–Trinajstić information content (AvgIpc) is 2.95. The number of amides is 2. The van der Waals surface area contributed by atoms with Crippen molar-refractivity contribution in [3.8, 4) is 0 Å². The maximum Gasteiger partial charge on any atom is 0.227 e. The molecule has 0 radical (unpaired) electrons. The first-order valence-electron chi connectivity index (χ1n) is 9.83. The standard InChI is InChI=1S/C21H25BrN2O2/c22-17-7-16(21-8-12-3-13(9-21)5-14(4-12)10-21)1-2-18(17)24-11-15(20(23)26)6-19(24)25/h1-2,7,12-15H,3-6,8-11H2,(H2,23,26)/t12?,13?,14?,15-,21?/m1/s1. The number of benzene rings is 1. The number of rotatable bonds is 3. The molecule has 6 rings (SSSR count). The molecule has 4 aliphatic carbocycles. The molecule has 1 aromatic rings. The summed E-state index contributed by atoms with van der Waals surface area (Å²) < 4.78 is 0.962. The van der Waals surface area contributed by atoms with Crippen molar-refractivity contribution < 1.29 is 9.59 Å². The van der Waals surface area contributed by atoms with Crippen LogP contribution in [0.5, 0.6) is 0 Å². The Balaban J connectivity index is 1.44. The van der Waals surface area contributed by atoms with Crippen molar-refractivity contribution >= 4 is 33.4 Å². The van der Waals surface area contributed by atoms with Gasteiger partial charge in [0, 0.05) is 17.4 Å². The van der Waals surface area contributed by atoms with E-state index in [0.717, 1.165) is 27.9 Å². The van der Waals surface area contributed by atoms with Gasteiger partial charge in [-0.1, -0.05) is 6.07 Å². The van der Waals surface area contributed by atoms with Gasteiger partial charge in [-0.3, -0.25) is 9.59 Å². The predicted octanol–water partition coefficient (Wildman–Crippen LogP) is 3.76. The van der Waals surface area contributed by atoms with Gasteiger partial charge in [0.1, 0.15) is 0 Å². The van der Waals surface area contributed by atoms with Crippen LogP contribution in [0.25, 0.3) is 0 Å². The number of nitrogens with two attached hydrogens (primary N) is 1. The molecule has 4 bridgehead atoms. The van der Waals surface area contributed by atoms with E-state index in [-0.39, 0.29) is 24.2 Å². The van der Waals surface area contributed by atoms with Gasteiger partial charge in [0.05, 0.1) is 11.6 Å². The summed E-state index contributed by atoms with van der Waals surface area (Å²) in [5.41, 5.74) is 8.05. The van der Waals surface area contributed by atoms with Gasteiger partial charge in [-0.05, 0) is 95.3 Å².